The van der Waals surface area contributed by atoms with E-state index in [4.69, 9.17) is 4.74 Å². The monoisotopic (exact) mass is 211 g/mol. The van der Waals surface area contributed by atoms with Crippen LogP contribution in [0.4, 0.5) is 0 Å². The van der Waals surface area contributed by atoms with Gasteiger partial charge in [0.1, 0.15) is 0 Å². The maximum Gasteiger partial charge on any atom is 0.154 e. The third-order valence-corrected chi connectivity index (χ3v) is 3.81. The van der Waals surface area contributed by atoms with E-state index in [2.05, 4.69) is 18.7 Å². The van der Waals surface area contributed by atoms with Crippen LogP contribution in [0.1, 0.15) is 39.5 Å². The van der Waals surface area contributed by atoms with Crippen LogP contribution < -0.4 is 0 Å². The predicted molar refractivity (Wildman–Crippen MR) is 58.9 cm³/mol. The Labute approximate surface area is 91.8 Å². The highest BCUT2D eigenvalue weighted by atomic mass is 16.5. The minimum Gasteiger partial charge on any atom is -0.381 e. The molecule has 2 aliphatic heterocycles. The van der Waals surface area contributed by atoms with Crippen molar-refractivity contribution in [2.45, 2.75) is 51.1 Å². The van der Waals surface area contributed by atoms with Gasteiger partial charge in [-0.15, -0.1) is 0 Å². The van der Waals surface area contributed by atoms with E-state index in [0.29, 0.717) is 11.8 Å². The quantitative estimate of drug-likeness (QED) is 0.660. The van der Waals surface area contributed by atoms with Gasteiger partial charge in [0.15, 0.2) is 5.78 Å². The summed E-state index contributed by atoms with van der Waals surface area (Å²) < 4.78 is 5.48. The fraction of sp³-hybridized carbons (Fsp3) is 0.917. The Morgan fingerprint density at radius 1 is 1.33 bits per heavy atom. The van der Waals surface area contributed by atoms with Crippen LogP contribution in [0.25, 0.3) is 0 Å². The van der Waals surface area contributed by atoms with Crippen LogP contribution in [0.2, 0.25) is 0 Å². The maximum absolute atomic E-state index is 12.1. The fourth-order valence-corrected chi connectivity index (χ4v) is 3.08. The van der Waals surface area contributed by atoms with Crippen molar-refractivity contribution in [2.75, 3.05) is 19.8 Å². The molecule has 0 saturated carbocycles. The van der Waals surface area contributed by atoms with Gasteiger partial charge in [-0.2, -0.15) is 0 Å². The molecule has 0 aliphatic carbocycles. The third-order valence-electron chi connectivity index (χ3n) is 3.81. The molecule has 0 N–H and O–H groups in total. The first-order chi connectivity index (χ1) is 7.17. The summed E-state index contributed by atoms with van der Waals surface area (Å²) in [6.07, 6.45) is 3.64. The van der Waals surface area contributed by atoms with Gasteiger partial charge >= 0.3 is 0 Å². The number of likely N-dealkylation sites (tertiary alicyclic amines) is 1. The van der Waals surface area contributed by atoms with Crippen LogP contribution >= 0.6 is 0 Å². The Morgan fingerprint density at radius 2 is 2.13 bits per heavy atom. The lowest BCUT2D eigenvalue weighted by atomic mass is 9.86. The van der Waals surface area contributed by atoms with Crippen molar-refractivity contribution in [1.29, 1.82) is 0 Å². The maximum atomic E-state index is 12.1. The average molecular weight is 211 g/mol. The van der Waals surface area contributed by atoms with Crippen molar-refractivity contribution in [2.24, 2.45) is 0 Å². The zero-order valence-corrected chi connectivity index (χ0v) is 9.79. The third kappa shape index (κ3) is 1.83. The zero-order valence-electron chi connectivity index (χ0n) is 9.79. The molecule has 0 aromatic rings. The molecule has 0 amide bonds. The molecule has 2 aliphatic rings. The summed E-state index contributed by atoms with van der Waals surface area (Å²) in [6, 6.07) is 0.467. The molecule has 2 fully saturated rings. The normalized spacial score (nSPS) is 33.9. The molecule has 0 bridgehead atoms. The van der Waals surface area contributed by atoms with Gasteiger partial charge in [0, 0.05) is 32.2 Å². The van der Waals surface area contributed by atoms with Gasteiger partial charge < -0.3 is 4.74 Å². The summed E-state index contributed by atoms with van der Waals surface area (Å²) in [6.45, 7) is 6.88. The Hall–Kier alpha value is -0.410. The SMILES string of the molecule is CC(C)N1CCC(=O)C12CCCOCC2. The van der Waals surface area contributed by atoms with Crippen molar-refractivity contribution < 1.29 is 9.53 Å². The molecule has 2 heterocycles. The molecular formula is C12H21NO2. The second-order valence-electron chi connectivity index (χ2n) is 4.96. The minimum absolute atomic E-state index is 0.176. The van der Waals surface area contributed by atoms with Gasteiger partial charge in [-0.05, 0) is 33.1 Å². The number of ketones is 1. The smallest absolute Gasteiger partial charge is 0.154 e. The van der Waals surface area contributed by atoms with Crippen molar-refractivity contribution >= 4 is 5.78 Å². The van der Waals surface area contributed by atoms with Gasteiger partial charge in [-0.1, -0.05) is 0 Å². The molecule has 3 heteroatoms. The molecule has 2 rings (SSSR count). The summed E-state index contributed by atoms with van der Waals surface area (Å²) in [5.41, 5.74) is -0.176. The molecule has 0 radical (unpaired) electrons. The van der Waals surface area contributed by atoms with Crippen LogP contribution in [-0.4, -0.2) is 42.0 Å². The lowest BCUT2D eigenvalue weighted by Gasteiger charge is -2.38. The van der Waals surface area contributed by atoms with Gasteiger partial charge in [0.05, 0.1) is 5.54 Å². The summed E-state index contributed by atoms with van der Waals surface area (Å²) in [5.74, 6) is 0.446. The number of hydrogen-bond acceptors (Lipinski definition) is 3. The summed E-state index contributed by atoms with van der Waals surface area (Å²) in [4.78, 5) is 14.5. The average Bonchev–Trinajstić information content (AvgIpc) is 2.39. The van der Waals surface area contributed by atoms with Crippen LogP contribution in [0, 0.1) is 0 Å². The standard InChI is InChI=1S/C12H21NO2/c1-10(2)13-7-4-11(14)12(13)5-3-8-15-9-6-12/h10H,3-9H2,1-2H3. The Morgan fingerprint density at radius 3 is 2.87 bits per heavy atom. The largest absolute Gasteiger partial charge is 0.381 e. The highest BCUT2D eigenvalue weighted by molar-refractivity contribution is 5.90. The second kappa shape index (κ2) is 4.22. The number of carbonyl (C=O) groups excluding carboxylic acids is 1. The molecule has 2 saturated heterocycles. The Kier molecular flexibility index (Phi) is 3.12. The number of Topliss-reactive ketones (excluding diaryl/α,β-unsaturated/α-hetero) is 1. The van der Waals surface area contributed by atoms with Crippen LogP contribution in [0.3, 0.4) is 0 Å². The van der Waals surface area contributed by atoms with Crippen molar-refractivity contribution in [3.05, 3.63) is 0 Å². The van der Waals surface area contributed by atoms with Crippen molar-refractivity contribution in [3.63, 3.8) is 0 Å². The lowest BCUT2D eigenvalue weighted by Crippen LogP contribution is -2.51. The van der Waals surface area contributed by atoms with Crippen LogP contribution in [-0.2, 0) is 9.53 Å². The topological polar surface area (TPSA) is 29.5 Å². The van der Waals surface area contributed by atoms with Crippen LogP contribution in [0.15, 0.2) is 0 Å². The first-order valence-corrected chi connectivity index (χ1v) is 6.04. The Balaban J connectivity index is 2.23. The van der Waals surface area contributed by atoms with E-state index in [0.717, 1.165) is 45.4 Å². The van der Waals surface area contributed by atoms with E-state index in [1.807, 2.05) is 0 Å². The van der Waals surface area contributed by atoms with E-state index >= 15 is 0 Å². The van der Waals surface area contributed by atoms with E-state index < -0.39 is 0 Å². The first-order valence-electron chi connectivity index (χ1n) is 6.04. The van der Waals surface area contributed by atoms with Crippen molar-refractivity contribution in [3.8, 4) is 0 Å². The summed E-state index contributed by atoms with van der Waals surface area (Å²) in [7, 11) is 0. The van der Waals surface area contributed by atoms with Gasteiger partial charge in [0.2, 0.25) is 0 Å². The highest BCUT2D eigenvalue weighted by Crippen LogP contribution is 2.36. The van der Waals surface area contributed by atoms with Gasteiger partial charge in [-0.25, -0.2) is 0 Å². The van der Waals surface area contributed by atoms with Gasteiger partial charge in [0.25, 0.3) is 0 Å². The first kappa shape index (κ1) is 11.1. The zero-order chi connectivity index (χ0) is 10.9. The van der Waals surface area contributed by atoms with E-state index in [1.165, 1.54) is 0 Å². The molecule has 1 atom stereocenters. The molecule has 1 spiro atoms. The number of rotatable bonds is 1. The van der Waals surface area contributed by atoms with E-state index in [9.17, 15) is 4.79 Å². The Bertz CT molecular complexity index is 242. The summed E-state index contributed by atoms with van der Waals surface area (Å²) >= 11 is 0. The fourth-order valence-electron chi connectivity index (χ4n) is 3.08. The molecule has 3 nitrogen and oxygen atoms in total. The highest BCUT2D eigenvalue weighted by Gasteiger charge is 2.48. The van der Waals surface area contributed by atoms with Crippen molar-refractivity contribution in [1.82, 2.24) is 4.90 Å². The number of ether oxygens (including phenoxy) is 1. The minimum atomic E-state index is -0.176. The van der Waals surface area contributed by atoms with Crippen LogP contribution in [0.5, 0.6) is 0 Å². The molecular weight excluding hydrogens is 190 g/mol. The molecule has 86 valence electrons. The molecule has 15 heavy (non-hydrogen) atoms. The second-order valence-corrected chi connectivity index (χ2v) is 4.96. The molecule has 0 aromatic heterocycles. The molecule has 0 aromatic carbocycles. The number of carbonyl (C=O) groups is 1. The number of hydrogen-bond donors (Lipinski definition) is 0. The molecule has 1 unspecified atom stereocenters. The van der Waals surface area contributed by atoms with E-state index in [1.54, 1.807) is 0 Å². The van der Waals surface area contributed by atoms with Gasteiger partial charge in [-0.3, -0.25) is 9.69 Å². The predicted octanol–water partition coefficient (Wildman–Crippen LogP) is 1.61. The summed E-state index contributed by atoms with van der Waals surface area (Å²) in [5, 5.41) is 0. The number of nitrogens with zero attached hydrogens (tertiary/aromatic N) is 1. The van der Waals surface area contributed by atoms with E-state index in [-0.39, 0.29) is 5.54 Å². The lowest BCUT2D eigenvalue weighted by molar-refractivity contribution is -0.126.